The lowest BCUT2D eigenvalue weighted by atomic mass is 10.1. The maximum atomic E-state index is 12.8. The molecule has 1 N–H and O–H groups in total. The first-order chi connectivity index (χ1) is 12.4. The number of nitrogens with one attached hydrogen (secondary N) is 1. The Morgan fingerprint density at radius 2 is 1.81 bits per heavy atom. The van der Waals surface area contributed by atoms with Gasteiger partial charge in [-0.3, -0.25) is 14.9 Å². The van der Waals surface area contributed by atoms with E-state index in [0.29, 0.717) is 17.0 Å². The number of methoxy groups -OCH3 is 1. The van der Waals surface area contributed by atoms with Crippen LogP contribution in [0.5, 0.6) is 5.75 Å². The largest absolute Gasteiger partial charge is 0.497 e. The highest BCUT2D eigenvalue weighted by molar-refractivity contribution is 14.1. The lowest BCUT2D eigenvalue weighted by Crippen LogP contribution is -2.54. The van der Waals surface area contributed by atoms with Gasteiger partial charge in [-0.1, -0.05) is 15.9 Å². The molecule has 0 aliphatic carbocycles. The van der Waals surface area contributed by atoms with E-state index < -0.39 is 17.8 Å². The molecule has 4 amide bonds. The van der Waals surface area contributed by atoms with Gasteiger partial charge in [0.25, 0.3) is 11.8 Å². The van der Waals surface area contributed by atoms with Crippen LogP contribution >= 0.6 is 38.5 Å². The lowest BCUT2D eigenvalue weighted by Gasteiger charge is -2.26. The fourth-order valence-electron chi connectivity index (χ4n) is 2.43. The monoisotopic (exact) mass is 526 g/mol. The number of anilines is 1. The molecule has 1 fully saturated rings. The first kappa shape index (κ1) is 18.6. The highest BCUT2D eigenvalue weighted by Crippen LogP contribution is 2.25. The van der Waals surface area contributed by atoms with Gasteiger partial charge < -0.3 is 4.74 Å². The third kappa shape index (κ3) is 3.80. The number of carbonyl (C=O) groups is 3. The quantitative estimate of drug-likeness (QED) is 0.375. The molecule has 3 rings (SSSR count). The van der Waals surface area contributed by atoms with Crippen molar-refractivity contribution in [3.05, 3.63) is 61.6 Å². The molecule has 132 valence electrons. The molecule has 0 radical (unpaired) electrons. The highest BCUT2D eigenvalue weighted by atomic mass is 127. The summed E-state index contributed by atoms with van der Waals surface area (Å²) in [6, 6.07) is 11.2. The number of urea groups is 1. The molecule has 0 bridgehead atoms. The maximum absolute atomic E-state index is 12.8. The van der Waals surface area contributed by atoms with E-state index in [0.717, 1.165) is 12.9 Å². The van der Waals surface area contributed by atoms with Crippen LogP contribution in [0.25, 0.3) is 6.08 Å². The number of halogens is 2. The zero-order valence-electron chi connectivity index (χ0n) is 13.5. The van der Waals surface area contributed by atoms with Gasteiger partial charge in [-0.05, 0) is 76.7 Å². The SMILES string of the molecule is COc1cc(I)cc(/C=C2\C(=O)NC(=O)N(c3ccc(Br)cc3)C2=O)c1. The van der Waals surface area contributed by atoms with Crippen molar-refractivity contribution in [1.82, 2.24) is 5.32 Å². The predicted molar refractivity (Wildman–Crippen MR) is 109 cm³/mol. The van der Waals surface area contributed by atoms with Crippen molar-refractivity contribution in [3.8, 4) is 5.75 Å². The van der Waals surface area contributed by atoms with Crippen LogP contribution in [0.15, 0.2) is 52.5 Å². The van der Waals surface area contributed by atoms with Gasteiger partial charge in [0.2, 0.25) is 0 Å². The number of carbonyl (C=O) groups excluding carboxylic acids is 3. The standard InChI is InChI=1S/C18H12BrIN2O4/c1-26-14-7-10(6-12(20)9-14)8-15-16(23)21-18(25)22(17(15)24)13-4-2-11(19)3-5-13/h2-9H,1H3,(H,21,23,25)/b15-8+. The first-order valence-corrected chi connectivity index (χ1v) is 9.28. The predicted octanol–water partition coefficient (Wildman–Crippen LogP) is 3.73. The Balaban J connectivity index is 2.02. The Kier molecular flexibility index (Phi) is 5.42. The molecule has 1 saturated heterocycles. The van der Waals surface area contributed by atoms with Crippen LogP contribution in [0, 0.1) is 3.57 Å². The zero-order valence-corrected chi connectivity index (χ0v) is 17.2. The Labute approximate surface area is 171 Å². The summed E-state index contributed by atoms with van der Waals surface area (Å²) in [5, 5.41) is 2.20. The van der Waals surface area contributed by atoms with Crippen LogP contribution in [-0.4, -0.2) is 25.0 Å². The summed E-state index contributed by atoms with van der Waals surface area (Å²) in [6.07, 6.45) is 1.45. The fourth-order valence-corrected chi connectivity index (χ4v) is 3.37. The molecule has 0 unspecified atom stereocenters. The van der Waals surface area contributed by atoms with Crippen LogP contribution in [0.4, 0.5) is 10.5 Å². The molecule has 1 aliphatic rings. The van der Waals surface area contributed by atoms with Crippen LogP contribution in [-0.2, 0) is 9.59 Å². The fraction of sp³-hybridized carbons (Fsp3) is 0.0556. The molecular formula is C18H12BrIN2O4. The smallest absolute Gasteiger partial charge is 0.335 e. The van der Waals surface area contributed by atoms with Crippen molar-refractivity contribution in [1.29, 1.82) is 0 Å². The summed E-state index contributed by atoms with van der Waals surface area (Å²) in [4.78, 5) is 38.1. The number of hydrogen-bond acceptors (Lipinski definition) is 4. The minimum atomic E-state index is -0.778. The van der Waals surface area contributed by atoms with Gasteiger partial charge in [0, 0.05) is 8.04 Å². The number of barbiturate groups is 1. The van der Waals surface area contributed by atoms with E-state index in [9.17, 15) is 14.4 Å². The first-order valence-electron chi connectivity index (χ1n) is 7.40. The molecule has 1 heterocycles. The minimum Gasteiger partial charge on any atom is -0.497 e. The van der Waals surface area contributed by atoms with Gasteiger partial charge in [-0.15, -0.1) is 0 Å². The molecule has 6 nitrogen and oxygen atoms in total. The summed E-state index contributed by atoms with van der Waals surface area (Å²) < 4.78 is 6.91. The van der Waals surface area contributed by atoms with Gasteiger partial charge in [0.15, 0.2) is 0 Å². The number of nitrogens with zero attached hydrogens (tertiary/aromatic N) is 1. The zero-order chi connectivity index (χ0) is 18.8. The molecule has 8 heteroatoms. The second-order valence-electron chi connectivity index (χ2n) is 5.36. The van der Waals surface area contributed by atoms with Crippen LogP contribution in [0.2, 0.25) is 0 Å². The maximum Gasteiger partial charge on any atom is 0.335 e. The third-order valence-electron chi connectivity index (χ3n) is 3.63. The Hall–Kier alpha value is -2.20. The van der Waals surface area contributed by atoms with E-state index in [4.69, 9.17) is 4.74 Å². The van der Waals surface area contributed by atoms with E-state index >= 15 is 0 Å². The second kappa shape index (κ2) is 7.58. The number of benzene rings is 2. The number of ether oxygens (including phenoxy) is 1. The lowest BCUT2D eigenvalue weighted by molar-refractivity contribution is -0.122. The molecule has 0 atom stereocenters. The summed E-state index contributed by atoms with van der Waals surface area (Å²) >= 11 is 5.42. The van der Waals surface area contributed by atoms with Gasteiger partial charge in [0.1, 0.15) is 11.3 Å². The van der Waals surface area contributed by atoms with Crippen molar-refractivity contribution in [2.45, 2.75) is 0 Å². The molecule has 2 aromatic rings. The summed E-state index contributed by atoms with van der Waals surface area (Å²) in [5.41, 5.74) is 0.864. The molecule has 0 spiro atoms. The summed E-state index contributed by atoms with van der Waals surface area (Å²) in [7, 11) is 1.54. The van der Waals surface area contributed by atoms with E-state index in [1.165, 1.54) is 13.2 Å². The van der Waals surface area contributed by atoms with Gasteiger partial charge in [-0.25, -0.2) is 9.69 Å². The van der Waals surface area contributed by atoms with Crippen molar-refractivity contribution in [2.24, 2.45) is 0 Å². The normalized spacial score (nSPS) is 16.0. The number of imide groups is 2. The van der Waals surface area contributed by atoms with E-state index in [2.05, 4.69) is 43.8 Å². The molecule has 2 aromatic carbocycles. The molecule has 26 heavy (non-hydrogen) atoms. The van der Waals surface area contributed by atoms with Crippen molar-refractivity contribution >= 4 is 68.1 Å². The average molecular weight is 527 g/mol. The van der Waals surface area contributed by atoms with Crippen molar-refractivity contribution in [3.63, 3.8) is 0 Å². The third-order valence-corrected chi connectivity index (χ3v) is 4.78. The van der Waals surface area contributed by atoms with Gasteiger partial charge >= 0.3 is 6.03 Å². The molecular weight excluding hydrogens is 515 g/mol. The number of hydrogen-bond donors (Lipinski definition) is 1. The van der Waals surface area contributed by atoms with Gasteiger partial charge in [0.05, 0.1) is 12.8 Å². The van der Waals surface area contributed by atoms with E-state index in [1.54, 1.807) is 36.4 Å². The van der Waals surface area contributed by atoms with Gasteiger partial charge in [-0.2, -0.15) is 0 Å². The topological polar surface area (TPSA) is 75.7 Å². The number of amides is 4. The van der Waals surface area contributed by atoms with E-state index in [1.807, 2.05) is 6.07 Å². The Bertz CT molecular complexity index is 941. The average Bonchev–Trinajstić information content (AvgIpc) is 2.59. The Morgan fingerprint density at radius 3 is 2.46 bits per heavy atom. The molecule has 0 aromatic heterocycles. The molecule has 1 aliphatic heterocycles. The second-order valence-corrected chi connectivity index (χ2v) is 7.52. The highest BCUT2D eigenvalue weighted by Gasteiger charge is 2.36. The number of rotatable bonds is 3. The van der Waals surface area contributed by atoms with Crippen LogP contribution < -0.4 is 15.0 Å². The van der Waals surface area contributed by atoms with Crippen molar-refractivity contribution in [2.75, 3.05) is 12.0 Å². The minimum absolute atomic E-state index is 0.128. The molecule has 0 saturated carbocycles. The summed E-state index contributed by atoms with van der Waals surface area (Å²) in [5.74, 6) is -0.807. The Morgan fingerprint density at radius 1 is 1.12 bits per heavy atom. The van der Waals surface area contributed by atoms with E-state index in [-0.39, 0.29) is 5.57 Å². The van der Waals surface area contributed by atoms with Crippen molar-refractivity contribution < 1.29 is 19.1 Å². The van der Waals surface area contributed by atoms with Crippen LogP contribution in [0.3, 0.4) is 0 Å². The van der Waals surface area contributed by atoms with Crippen LogP contribution in [0.1, 0.15) is 5.56 Å². The summed E-state index contributed by atoms with van der Waals surface area (Å²) in [6.45, 7) is 0.